The molecule has 1 N–H and O–H groups in total. The molecule has 2 aromatic rings. The van der Waals surface area contributed by atoms with Gasteiger partial charge in [-0.3, -0.25) is 4.79 Å². The van der Waals surface area contributed by atoms with Crippen molar-refractivity contribution in [1.29, 1.82) is 0 Å². The second-order valence-electron chi connectivity index (χ2n) is 5.23. The number of amides is 1. The van der Waals surface area contributed by atoms with E-state index in [4.69, 9.17) is 4.74 Å². The molecule has 0 bridgehead atoms. The smallest absolute Gasteiger partial charge is 0.221 e. The van der Waals surface area contributed by atoms with E-state index in [1.54, 1.807) is 11.8 Å². The van der Waals surface area contributed by atoms with Crippen LogP contribution in [0.3, 0.4) is 0 Å². The van der Waals surface area contributed by atoms with E-state index in [9.17, 15) is 4.79 Å². The molecular formula is C19H23NO2S. The number of ether oxygens (including phenoxy) is 1. The maximum atomic E-state index is 12.0. The van der Waals surface area contributed by atoms with Crippen LogP contribution in [0.5, 0.6) is 5.75 Å². The molecule has 1 amide bonds. The average molecular weight is 329 g/mol. The topological polar surface area (TPSA) is 38.3 Å². The third-order valence-corrected chi connectivity index (χ3v) is 4.38. The largest absolute Gasteiger partial charge is 0.494 e. The van der Waals surface area contributed by atoms with Crippen LogP contribution in [0.1, 0.15) is 24.5 Å². The third-order valence-electron chi connectivity index (χ3n) is 3.37. The van der Waals surface area contributed by atoms with Gasteiger partial charge in [0, 0.05) is 29.2 Å². The van der Waals surface area contributed by atoms with Gasteiger partial charge >= 0.3 is 0 Å². The lowest BCUT2D eigenvalue weighted by Crippen LogP contribution is -2.23. The molecule has 0 heterocycles. The van der Waals surface area contributed by atoms with Gasteiger partial charge < -0.3 is 10.1 Å². The van der Waals surface area contributed by atoms with Gasteiger partial charge in [0.25, 0.3) is 0 Å². The van der Waals surface area contributed by atoms with Gasteiger partial charge in [0.15, 0.2) is 0 Å². The number of thioether (sulfide) groups is 1. The van der Waals surface area contributed by atoms with E-state index >= 15 is 0 Å². The summed E-state index contributed by atoms with van der Waals surface area (Å²) >= 11 is 1.70. The van der Waals surface area contributed by atoms with Crippen LogP contribution < -0.4 is 10.1 Å². The molecule has 0 atom stereocenters. The Kier molecular flexibility index (Phi) is 7.01. The highest BCUT2D eigenvalue weighted by Gasteiger charge is 2.06. The molecule has 0 aliphatic rings. The van der Waals surface area contributed by atoms with E-state index in [2.05, 4.69) is 36.5 Å². The first kappa shape index (κ1) is 17.4. The summed E-state index contributed by atoms with van der Waals surface area (Å²) in [5, 5.41) is 2.96. The van der Waals surface area contributed by atoms with Crippen LogP contribution in [-0.2, 0) is 11.3 Å². The van der Waals surface area contributed by atoms with Gasteiger partial charge in [-0.15, -0.1) is 11.8 Å². The van der Waals surface area contributed by atoms with E-state index in [1.807, 2.05) is 31.2 Å². The summed E-state index contributed by atoms with van der Waals surface area (Å²) in [4.78, 5) is 13.2. The molecule has 2 aromatic carbocycles. The van der Waals surface area contributed by atoms with Crippen LogP contribution >= 0.6 is 11.8 Å². The van der Waals surface area contributed by atoms with Crippen molar-refractivity contribution >= 4 is 17.7 Å². The lowest BCUT2D eigenvalue weighted by molar-refractivity contribution is -0.120. The first-order valence-electron chi connectivity index (χ1n) is 7.86. The molecule has 2 rings (SSSR count). The summed E-state index contributed by atoms with van der Waals surface area (Å²) in [6.07, 6.45) is 0.509. The zero-order valence-electron chi connectivity index (χ0n) is 13.7. The van der Waals surface area contributed by atoms with E-state index in [1.165, 1.54) is 10.5 Å². The fraction of sp³-hybridized carbons (Fsp3) is 0.316. The number of nitrogens with one attached hydrogen (secondary N) is 1. The number of aryl methyl sites for hydroxylation is 1. The molecule has 23 heavy (non-hydrogen) atoms. The Morgan fingerprint density at radius 2 is 1.87 bits per heavy atom. The number of carbonyl (C=O) groups excluding carboxylic acids is 1. The minimum absolute atomic E-state index is 0.0657. The van der Waals surface area contributed by atoms with Crippen LogP contribution in [-0.4, -0.2) is 18.3 Å². The Morgan fingerprint density at radius 3 is 2.61 bits per heavy atom. The molecule has 0 saturated carbocycles. The highest BCUT2D eigenvalue weighted by Crippen LogP contribution is 2.19. The van der Waals surface area contributed by atoms with Crippen LogP contribution in [0.25, 0.3) is 0 Å². The lowest BCUT2D eigenvalue weighted by atomic mass is 10.2. The quantitative estimate of drug-likeness (QED) is 0.738. The zero-order valence-corrected chi connectivity index (χ0v) is 14.5. The van der Waals surface area contributed by atoms with Gasteiger partial charge in [0.2, 0.25) is 5.91 Å². The van der Waals surface area contributed by atoms with Gasteiger partial charge in [0.1, 0.15) is 5.75 Å². The summed E-state index contributed by atoms with van der Waals surface area (Å²) in [7, 11) is 0. The van der Waals surface area contributed by atoms with Crippen molar-refractivity contribution < 1.29 is 9.53 Å². The summed E-state index contributed by atoms with van der Waals surface area (Å²) in [6.45, 7) is 5.15. The number of carbonyl (C=O) groups is 1. The van der Waals surface area contributed by atoms with Crippen LogP contribution in [0.15, 0.2) is 53.4 Å². The number of benzene rings is 2. The van der Waals surface area contributed by atoms with Gasteiger partial charge in [-0.05, 0) is 32.0 Å². The Bertz CT molecular complexity index is 626. The highest BCUT2D eigenvalue weighted by atomic mass is 32.2. The number of hydrogen-bond acceptors (Lipinski definition) is 3. The molecule has 0 radical (unpaired) electrons. The molecule has 0 aliphatic heterocycles. The van der Waals surface area contributed by atoms with Gasteiger partial charge in [-0.25, -0.2) is 0 Å². The predicted molar refractivity (Wildman–Crippen MR) is 96.0 cm³/mol. The minimum Gasteiger partial charge on any atom is -0.494 e. The summed E-state index contributed by atoms with van der Waals surface area (Å²) < 4.78 is 5.56. The summed E-state index contributed by atoms with van der Waals surface area (Å²) in [6, 6.07) is 16.2. The van der Waals surface area contributed by atoms with E-state index in [-0.39, 0.29) is 5.91 Å². The number of rotatable bonds is 8. The predicted octanol–water partition coefficient (Wildman–Crippen LogP) is 4.19. The standard InChI is InChI=1S/C19H23NO2S/c1-3-22-18-7-5-4-6-16(18)14-20-19(21)12-13-23-17-10-8-15(2)9-11-17/h4-11H,3,12-14H2,1-2H3,(H,20,21). The van der Waals surface area contributed by atoms with E-state index < -0.39 is 0 Å². The van der Waals surface area contributed by atoms with Crippen molar-refractivity contribution in [3.8, 4) is 5.75 Å². The number of hydrogen-bond donors (Lipinski definition) is 1. The molecule has 0 aliphatic carbocycles. The lowest BCUT2D eigenvalue weighted by Gasteiger charge is -2.11. The Hall–Kier alpha value is -1.94. The van der Waals surface area contributed by atoms with Crippen molar-refractivity contribution in [2.45, 2.75) is 31.7 Å². The molecule has 122 valence electrons. The molecule has 0 fully saturated rings. The zero-order chi connectivity index (χ0) is 16.5. The van der Waals surface area contributed by atoms with Crippen molar-refractivity contribution in [2.24, 2.45) is 0 Å². The Labute approximate surface area is 142 Å². The van der Waals surface area contributed by atoms with Crippen LogP contribution in [0, 0.1) is 6.92 Å². The van der Waals surface area contributed by atoms with Crippen LogP contribution in [0.2, 0.25) is 0 Å². The molecule has 4 heteroatoms. The van der Waals surface area contributed by atoms with Crippen LogP contribution in [0.4, 0.5) is 0 Å². The summed E-state index contributed by atoms with van der Waals surface area (Å²) in [5.74, 6) is 1.68. The first-order valence-corrected chi connectivity index (χ1v) is 8.84. The Balaban J connectivity index is 1.74. The fourth-order valence-corrected chi connectivity index (χ4v) is 2.98. The van der Waals surface area contributed by atoms with Crippen molar-refractivity contribution in [3.05, 3.63) is 59.7 Å². The second-order valence-corrected chi connectivity index (χ2v) is 6.40. The third kappa shape index (κ3) is 5.99. The fourth-order valence-electron chi connectivity index (χ4n) is 2.12. The maximum Gasteiger partial charge on any atom is 0.221 e. The maximum absolute atomic E-state index is 12.0. The second kappa shape index (κ2) is 9.26. The first-order chi connectivity index (χ1) is 11.2. The molecular weight excluding hydrogens is 306 g/mol. The normalized spacial score (nSPS) is 10.3. The molecule has 0 aromatic heterocycles. The van der Waals surface area contributed by atoms with Crippen molar-refractivity contribution in [2.75, 3.05) is 12.4 Å². The van der Waals surface area contributed by atoms with Gasteiger partial charge in [-0.2, -0.15) is 0 Å². The minimum atomic E-state index is 0.0657. The number of para-hydroxylation sites is 1. The molecule has 0 saturated heterocycles. The molecule has 0 spiro atoms. The van der Waals surface area contributed by atoms with Gasteiger partial charge in [0.05, 0.1) is 6.61 Å². The highest BCUT2D eigenvalue weighted by molar-refractivity contribution is 7.99. The summed E-state index contributed by atoms with van der Waals surface area (Å²) in [5.41, 5.74) is 2.26. The van der Waals surface area contributed by atoms with E-state index in [0.29, 0.717) is 19.6 Å². The Morgan fingerprint density at radius 1 is 1.13 bits per heavy atom. The van der Waals surface area contributed by atoms with Gasteiger partial charge in [-0.1, -0.05) is 35.9 Å². The molecule has 3 nitrogen and oxygen atoms in total. The van der Waals surface area contributed by atoms with E-state index in [0.717, 1.165) is 17.1 Å². The molecule has 0 unspecified atom stereocenters. The average Bonchev–Trinajstić information content (AvgIpc) is 2.56. The SMILES string of the molecule is CCOc1ccccc1CNC(=O)CCSc1ccc(C)cc1. The monoisotopic (exact) mass is 329 g/mol. The van der Waals surface area contributed by atoms with Crippen molar-refractivity contribution in [3.63, 3.8) is 0 Å². The van der Waals surface area contributed by atoms with Crippen molar-refractivity contribution in [1.82, 2.24) is 5.32 Å².